The van der Waals surface area contributed by atoms with Gasteiger partial charge in [-0.25, -0.2) is 9.97 Å². The minimum Gasteiger partial charge on any atom is -0.279 e. The van der Waals surface area contributed by atoms with Crippen molar-refractivity contribution >= 4 is 49.4 Å². The molecule has 68 heavy (non-hydrogen) atoms. The third-order valence-corrected chi connectivity index (χ3v) is 16.1. The van der Waals surface area contributed by atoms with Gasteiger partial charge in [-0.2, -0.15) is 0 Å². The van der Waals surface area contributed by atoms with Crippen molar-refractivity contribution in [1.82, 2.24) is 18.9 Å². The lowest BCUT2D eigenvalue weighted by molar-refractivity contribution is 0.590. The van der Waals surface area contributed by atoms with E-state index >= 15 is 0 Å². The van der Waals surface area contributed by atoms with Crippen LogP contribution in [0.3, 0.4) is 0 Å². The molecule has 4 nitrogen and oxygen atoms in total. The maximum absolute atomic E-state index is 5.49. The van der Waals surface area contributed by atoms with E-state index in [2.05, 4.69) is 227 Å². The first kappa shape index (κ1) is 36.6. The smallest absolute Gasteiger partial charge is 0.221 e. The van der Waals surface area contributed by atoms with Crippen molar-refractivity contribution in [3.8, 4) is 39.3 Å². The highest BCUT2D eigenvalue weighted by atomic mass is 15.2. The third-order valence-electron chi connectivity index (χ3n) is 16.1. The van der Waals surface area contributed by atoms with Crippen LogP contribution in [0.15, 0.2) is 230 Å². The first-order chi connectivity index (χ1) is 33.7. The molecule has 16 rings (SSSR count). The van der Waals surface area contributed by atoms with Gasteiger partial charge in [-0.15, -0.1) is 0 Å². The lowest BCUT2D eigenvalue weighted by Crippen LogP contribution is -2.44. The van der Waals surface area contributed by atoms with Crippen molar-refractivity contribution in [2.45, 2.75) is 23.7 Å². The molecule has 4 heteroatoms. The van der Waals surface area contributed by atoms with Gasteiger partial charge >= 0.3 is 0 Å². The molecule has 316 valence electrons. The van der Waals surface area contributed by atoms with Gasteiger partial charge in [0.15, 0.2) is 0 Å². The number of nitrogens with zero attached hydrogens (tertiary/aromatic N) is 4. The van der Waals surface area contributed by atoms with E-state index in [9.17, 15) is 0 Å². The molecule has 9 aromatic carbocycles. The van der Waals surface area contributed by atoms with Crippen LogP contribution in [0.25, 0.3) is 88.7 Å². The van der Waals surface area contributed by atoms with E-state index in [1.165, 1.54) is 83.1 Å². The van der Waals surface area contributed by atoms with Gasteiger partial charge in [0, 0.05) is 16.2 Å². The van der Waals surface area contributed by atoms with E-state index < -0.39 is 10.8 Å². The minimum atomic E-state index is -0.523. The highest BCUT2D eigenvalue weighted by molar-refractivity contribution is 6.11. The Morgan fingerprint density at radius 2 is 0.941 bits per heavy atom. The number of allylic oxidation sites excluding steroid dienone is 4. The van der Waals surface area contributed by atoms with Crippen molar-refractivity contribution in [3.63, 3.8) is 0 Å². The Hall–Kier alpha value is -8.60. The van der Waals surface area contributed by atoms with Gasteiger partial charge in [0.25, 0.3) is 0 Å². The molecule has 2 spiro atoms. The Morgan fingerprint density at radius 1 is 0.397 bits per heavy atom. The van der Waals surface area contributed by atoms with Crippen molar-refractivity contribution in [1.29, 1.82) is 0 Å². The summed E-state index contributed by atoms with van der Waals surface area (Å²) in [7, 11) is 0. The topological polar surface area (TPSA) is 35.1 Å². The number of benzene rings is 9. The fourth-order valence-corrected chi connectivity index (χ4v) is 13.6. The van der Waals surface area contributed by atoms with Gasteiger partial charge in [0.05, 0.1) is 38.4 Å². The van der Waals surface area contributed by atoms with Crippen LogP contribution < -0.4 is 0 Å². The van der Waals surface area contributed by atoms with Crippen LogP contribution in [0.5, 0.6) is 0 Å². The standard InChI is InChI=1S/C64H40N4/c1-6-22-48-41(17-1)42-18-2-7-23-49(42)63(48)51-25-9-11-27-53(51)64(54-28-12-10-26-52(54)63)50-24-8-3-19-43(50)44-35-33-39(37-55(44)64)40-34-36-46-45-20-5-15-31-58(45)67(60(46)38-40)62-66-56-29-13-4-21-47(56)61-65-57-30-14-16-32-59(57)68(61)62/h1-9,11-25,27-38H,10,26H2. The summed E-state index contributed by atoms with van der Waals surface area (Å²) in [5, 5.41) is 3.41. The van der Waals surface area contributed by atoms with E-state index in [-0.39, 0.29) is 0 Å². The highest BCUT2D eigenvalue weighted by Gasteiger charge is 2.59. The second-order valence-electron chi connectivity index (χ2n) is 19.0. The molecule has 3 heterocycles. The zero-order chi connectivity index (χ0) is 44.3. The van der Waals surface area contributed by atoms with Crippen molar-refractivity contribution < 1.29 is 0 Å². The Kier molecular flexibility index (Phi) is 7.03. The predicted octanol–water partition coefficient (Wildman–Crippen LogP) is 15.1. The van der Waals surface area contributed by atoms with Crippen molar-refractivity contribution in [3.05, 3.63) is 263 Å². The van der Waals surface area contributed by atoms with Crippen molar-refractivity contribution in [2.75, 3.05) is 0 Å². The normalized spacial score (nSPS) is 17.1. The van der Waals surface area contributed by atoms with Crippen LogP contribution in [0.1, 0.15) is 46.2 Å². The first-order valence-electron chi connectivity index (χ1n) is 23.9. The molecule has 3 aromatic heterocycles. The monoisotopic (exact) mass is 864 g/mol. The lowest BCUT2D eigenvalue weighted by Gasteiger charge is -2.50. The van der Waals surface area contributed by atoms with Gasteiger partial charge in [-0.05, 0) is 133 Å². The molecule has 12 aromatic rings. The Bertz CT molecular complexity index is 4240. The second-order valence-corrected chi connectivity index (χ2v) is 19.0. The average Bonchev–Trinajstić information content (AvgIpc) is 4.13. The Labute approximate surface area is 392 Å². The molecule has 0 aliphatic heterocycles. The SMILES string of the molecule is C1=CC2=C(CC1)C1(c3ccccc3-c3ccccc31)c1ccccc1C21c2ccccc2-c2ccc(-c3ccc4c5ccccc5n(-c5nc6ccccc6c6nc7ccccc7n56)c4c3)cc21. The molecule has 0 N–H and O–H groups in total. The van der Waals surface area contributed by atoms with Gasteiger partial charge < -0.3 is 0 Å². The molecule has 0 radical (unpaired) electrons. The summed E-state index contributed by atoms with van der Waals surface area (Å²) in [6, 6.07) is 77.0. The Balaban J connectivity index is 0.979. The molecular formula is C64H40N4. The van der Waals surface area contributed by atoms with Gasteiger partial charge in [0.2, 0.25) is 5.95 Å². The van der Waals surface area contributed by atoms with E-state index in [1.54, 1.807) is 0 Å². The Morgan fingerprint density at radius 3 is 1.69 bits per heavy atom. The number of para-hydroxylation sites is 4. The van der Waals surface area contributed by atoms with Crippen molar-refractivity contribution in [2.24, 2.45) is 0 Å². The summed E-state index contributed by atoms with van der Waals surface area (Å²) in [6.45, 7) is 0. The first-order valence-corrected chi connectivity index (χ1v) is 23.9. The lowest BCUT2D eigenvalue weighted by atomic mass is 9.51. The van der Waals surface area contributed by atoms with E-state index in [1.807, 2.05) is 0 Å². The molecule has 1 atom stereocenters. The fraction of sp³-hybridized carbons (Fsp3) is 0.0625. The summed E-state index contributed by atoms with van der Waals surface area (Å²) < 4.78 is 4.62. The van der Waals surface area contributed by atoms with E-state index in [0.29, 0.717) is 0 Å². The second kappa shape index (κ2) is 13.1. The maximum Gasteiger partial charge on any atom is 0.221 e. The molecule has 1 unspecified atom stereocenters. The quantitative estimate of drug-likeness (QED) is 0.174. The zero-order valence-corrected chi connectivity index (χ0v) is 37.0. The largest absolute Gasteiger partial charge is 0.279 e. The zero-order valence-electron chi connectivity index (χ0n) is 37.0. The van der Waals surface area contributed by atoms with Gasteiger partial charge in [-0.1, -0.05) is 176 Å². The summed E-state index contributed by atoms with van der Waals surface area (Å²) in [5.74, 6) is 0.824. The van der Waals surface area contributed by atoms with E-state index in [0.717, 1.165) is 63.0 Å². The van der Waals surface area contributed by atoms with Crippen LogP contribution in [-0.2, 0) is 10.8 Å². The molecule has 0 saturated heterocycles. The molecule has 4 aliphatic carbocycles. The predicted molar refractivity (Wildman–Crippen MR) is 277 cm³/mol. The van der Waals surface area contributed by atoms with Gasteiger partial charge in [-0.3, -0.25) is 8.97 Å². The average molecular weight is 865 g/mol. The van der Waals surface area contributed by atoms with E-state index in [4.69, 9.17) is 9.97 Å². The molecule has 0 saturated carbocycles. The number of aromatic nitrogens is 4. The number of imidazole rings is 1. The molecule has 0 fully saturated rings. The molecule has 0 bridgehead atoms. The summed E-state index contributed by atoms with van der Waals surface area (Å²) >= 11 is 0. The summed E-state index contributed by atoms with van der Waals surface area (Å²) in [5.41, 5.74) is 24.0. The summed E-state index contributed by atoms with van der Waals surface area (Å²) in [4.78, 5) is 10.7. The van der Waals surface area contributed by atoms with Crippen LogP contribution in [0.2, 0.25) is 0 Å². The number of rotatable bonds is 2. The number of hydrogen-bond donors (Lipinski definition) is 0. The summed E-state index contributed by atoms with van der Waals surface area (Å²) in [6.07, 6.45) is 6.96. The van der Waals surface area contributed by atoms with Crippen LogP contribution in [0.4, 0.5) is 0 Å². The van der Waals surface area contributed by atoms with Crippen LogP contribution in [0, 0.1) is 0 Å². The van der Waals surface area contributed by atoms with Crippen LogP contribution >= 0.6 is 0 Å². The van der Waals surface area contributed by atoms with Crippen LogP contribution in [-0.4, -0.2) is 18.9 Å². The fourth-order valence-electron chi connectivity index (χ4n) is 13.6. The number of hydrogen-bond acceptors (Lipinski definition) is 2. The molecule has 4 aliphatic rings. The minimum absolute atomic E-state index is 0.397. The maximum atomic E-state index is 5.49. The highest BCUT2D eigenvalue weighted by Crippen LogP contribution is 2.68. The number of fused-ring (bicyclic) bond motifs is 23. The third kappa shape index (κ3) is 4.33. The van der Waals surface area contributed by atoms with Gasteiger partial charge in [0.1, 0.15) is 5.65 Å². The molecule has 0 amide bonds. The molecular weight excluding hydrogens is 825 g/mol.